The lowest BCUT2D eigenvalue weighted by Crippen LogP contribution is -2.44. The van der Waals surface area contributed by atoms with Crippen molar-refractivity contribution in [3.05, 3.63) is 111 Å². The van der Waals surface area contributed by atoms with Gasteiger partial charge < -0.3 is 9.64 Å². The van der Waals surface area contributed by atoms with Crippen molar-refractivity contribution in [1.29, 1.82) is 0 Å². The number of ether oxygens (including phenoxy) is 1. The first-order valence-corrected chi connectivity index (χ1v) is 11.0. The van der Waals surface area contributed by atoms with Gasteiger partial charge in [-0.25, -0.2) is 0 Å². The quantitative estimate of drug-likeness (QED) is 0.295. The molecule has 3 aromatic carbocycles. The minimum Gasteiger partial charge on any atom is -0.497 e. The van der Waals surface area contributed by atoms with Gasteiger partial charge in [0.2, 0.25) is 6.04 Å². The fraction of sp³-hybridized carbons (Fsp3) is 0.192. The molecule has 6 nitrogen and oxygen atoms in total. The zero-order valence-electron chi connectivity index (χ0n) is 17.8. The maximum atomic E-state index is 13.9. The minimum atomic E-state index is -0.996. The molecule has 0 amide bonds. The Morgan fingerprint density at radius 3 is 2.39 bits per heavy atom. The molecule has 33 heavy (non-hydrogen) atoms. The summed E-state index contributed by atoms with van der Waals surface area (Å²) in [5.41, 5.74) is 2.95. The van der Waals surface area contributed by atoms with Crippen LogP contribution in [0.5, 0.6) is 5.75 Å². The van der Waals surface area contributed by atoms with Gasteiger partial charge in [-0.15, -0.1) is 0 Å². The molecule has 3 aromatic rings. The van der Waals surface area contributed by atoms with E-state index in [2.05, 4.69) is 0 Å². The Labute approximate surface area is 196 Å². The van der Waals surface area contributed by atoms with E-state index in [9.17, 15) is 14.9 Å². The number of para-hydroxylation sites is 1. The maximum Gasteiger partial charge on any atom is 0.245 e. The number of Topliss-reactive ketones (excluding diaryl/α,β-unsaturated/α-hetero) is 1. The zero-order valence-corrected chi connectivity index (χ0v) is 18.6. The lowest BCUT2D eigenvalue weighted by molar-refractivity contribution is -0.524. The number of carbonyl (C=O) groups is 1. The van der Waals surface area contributed by atoms with Gasteiger partial charge >= 0.3 is 0 Å². The number of fused-ring (bicyclic) bond motifs is 3. The van der Waals surface area contributed by atoms with Crippen LogP contribution in [0.4, 0.5) is 5.69 Å². The van der Waals surface area contributed by atoms with E-state index in [1.54, 1.807) is 43.5 Å². The number of nitrogens with zero attached hydrogens (tertiary/aromatic N) is 2. The van der Waals surface area contributed by atoms with Gasteiger partial charge in [0.15, 0.2) is 5.78 Å². The van der Waals surface area contributed by atoms with Gasteiger partial charge in [-0.1, -0.05) is 54.1 Å². The number of rotatable bonds is 5. The van der Waals surface area contributed by atoms with Gasteiger partial charge in [-0.3, -0.25) is 14.9 Å². The second-order valence-electron chi connectivity index (χ2n) is 8.21. The van der Waals surface area contributed by atoms with E-state index in [4.69, 9.17) is 16.3 Å². The Hall–Kier alpha value is -3.64. The summed E-state index contributed by atoms with van der Waals surface area (Å²) in [6.07, 6.45) is 3.76. The number of nitro groups is 1. The third-order valence-corrected chi connectivity index (χ3v) is 6.76. The molecule has 0 N–H and O–H groups in total. The van der Waals surface area contributed by atoms with Crippen LogP contribution in [0.3, 0.4) is 0 Å². The van der Waals surface area contributed by atoms with Gasteiger partial charge in [0.05, 0.1) is 13.0 Å². The average Bonchev–Trinajstić information content (AvgIpc) is 3.20. The highest BCUT2D eigenvalue weighted by molar-refractivity contribution is 6.30. The number of anilines is 1. The van der Waals surface area contributed by atoms with Crippen molar-refractivity contribution in [3.8, 4) is 5.75 Å². The molecule has 2 heterocycles. The topological polar surface area (TPSA) is 72.7 Å². The van der Waals surface area contributed by atoms with Gasteiger partial charge in [-0.2, -0.15) is 0 Å². The fourth-order valence-corrected chi connectivity index (χ4v) is 5.17. The van der Waals surface area contributed by atoms with Crippen LogP contribution in [0.2, 0.25) is 5.02 Å². The lowest BCUT2D eigenvalue weighted by atomic mass is 9.83. The van der Waals surface area contributed by atoms with Crippen LogP contribution in [-0.4, -0.2) is 35.9 Å². The number of hydrogen-bond acceptors (Lipinski definition) is 5. The molecule has 0 bridgehead atoms. The SMILES string of the molecule is COc1ccc([C@@H]2[C@@H]([N+](=O)[O-])[C@H]3C=Cc4ccccc4N3[C@@H]2C(=O)c2ccc(Cl)cc2)cc1. The number of ketones is 1. The molecule has 166 valence electrons. The summed E-state index contributed by atoms with van der Waals surface area (Å²) >= 11 is 6.04. The van der Waals surface area contributed by atoms with Crippen molar-refractivity contribution >= 4 is 29.1 Å². The van der Waals surface area contributed by atoms with Gasteiger partial charge in [0.25, 0.3) is 0 Å². The largest absolute Gasteiger partial charge is 0.497 e. The van der Waals surface area contributed by atoms with Crippen LogP contribution in [0.25, 0.3) is 6.08 Å². The first-order valence-electron chi connectivity index (χ1n) is 10.6. The number of methoxy groups -OCH3 is 1. The summed E-state index contributed by atoms with van der Waals surface area (Å²) in [4.78, 5) is 28.0. The smallest absolute Gasteiger partial charge is 0.245 e. The first-order chi connectivity index (χ1) is 16.0. The first kappa shape index (κ1) is 21.2. The average molecular weight is 461 g/mol. The summed E-state index contributed by atoms with van der Waals surface area (Å²) in [7, 11) is 1.57. The molecule has 0 aliphatic carbocycles. The van der Waals surface area contributed by atoms with Crippen LogP contribution in [0, 0.1) is 10.1 Å². The van der Waals surface area contributed by atoms with Crippen molar-refractivity contribution < 1.29 is 14.5 Å². The molecule has 0 spiro atoms. The van der Waals surface area contributed by atoms with E-state index in [0.29, 0.717) is 16.3 Å². The third kappa shape index (κ3) is 3.56. The number of hydrogen-bond donors (Lipinski definition) is 0. The van der Waals surface area contributed by atoms with E-state index in [1.165, 1.54) is 0 Å². The molecule has 0 radical (unpaired) electrons. The summed E-state index contributed by atoms with van der Waals surface area (Å²) in [5, 5.41) is 12.9. The summed E-state index contributed by atoms with van der Waals surface area (Å²) < 4.78 is 5.27. The van der Waals surface area contributed by atoms with Crippen LogP contribution in [-0.2, 0) is 0 Å². The zero-order chi connectivity index (χ0) is 23.1. The van der Waals surface area contributed by atoms with E-state index in [0.717, 1.165) is 16.8 Å². The Kier molecular flexibility index (Phi) is 5.38. The van der Waals surface area contributed by atoms with Crippen LogP contribution in [0.15, 0.2) is 78.9 Å². The highest BCUT2D eigenvalue weighted by atomic mass is 35.5. The standard InChI is InChI=1S/C26H21ClN2O4/c1-33-20-13-8-17(9-14-20)23-24(29(31)32)22-15-10-16-4-2-3-5-21(16)28(22)25(23)26(30)18-6-11-19(27)12-7-18/h2-15,22-25H,1H3/t22-,23-,24+,25+/m1/s1. The molecule has 0 aromatic heterocycles. The third-order valence-electron chi connectivity index (χ3n) is 6.51. The molecule has 0 saturated carbocycles. The van der Waals surface area contributed by atoms with E-state index >= 15 is 0 Å². The summed E-state index contributed by atoms with van der Waals surface area (Å²) in [6.45, 7) is 0. The highest BCUT2D eigenvalue weighted by Crippen LogP contribution is 2.47. The Balaban J connectivity index is 1.70. The van der Waals surface area contributed by atoms with Crippen LogP contribution >= 0.6 is 11.6 Å². The molecule has 2 aliphatic heterocycles. The summed E-state index contributed by atoms with van der Waals surface area (Å²) in [6, 6.07) is 19.2. The molecule has 1 saturated heterocycles. The van der Waals surface area contributed by atoms with Gasteiger partial charge in [0.1, 0.15) is 17.8 Å². The van der Waals surface area contributed by atoms with Crippen LogP contribution in [0.1, 0.15) is 27.4 Å². The van der Waals surface area contributed by atoms with Crippen molar-refractivity contribution in [3.63, 3.8) is 0 Å². The molecular formula is C26H21ClN2O4. The van der Waals surface area contributed by atoms with Crippen molar-refractivity contribution in [2.24, 2.45) is 0 Å². The van der Waals surface area contributed by atoms with Gasteiger partial charge in [0, 0.05) is 21.2 Å². The van der Waals surface area contributed by atoms with Gasteiger partial charge in [-0.05, 0) is 53.6 Å². The Morgan fingerprint density at radius 2 is 1.73 bits per heavy atom. The normalized spacial score (nSPS) is 23.0. The molecular weight excluding hydrogens is 440 g/mol. The Bertz CT molecular complexity index is 1240. The predicted molar refractivity (Wildman–Crippen MR) is 128 cm³/mol. The number of carbonyl (C=O) groups excluding carboxylic acids is 1. The molecule has 0 unspecified atom stereocenters. The molecule has 7 heteroatoms. The summed E-state index contributed by atoms with van der Waals surface area (Å²) in [5.74, 6) is -0.181. The molecule has 2 aliphatic rings. The number of halogens is 1. The van der Waals surface area contributed by atoms with E-state index < -0.39 is 24.0 Å². The fourth-order valence-electron chi connectivity index (χ4n) is 5.04. The van der Waals surface area contributed by atoms with Crippen LogP contribution < -0.4 is 9.64 Å². The second-order valence-corrected chi connectivity index (χ2v) is 8.64. The van der Waals surface area contributed by atoms with Crippen molar-refractivity contribution in [2.45, 2.75) is 24.0 Å². The molecule has 1 fully saturated rings. The predicted octanol–water partition coefficient (Wildman–Crippen LogP) is 5.24. The highest BCUT2D eigenvalue weighted by Gasteiger charge is 2.58. The lowest BCUT2D eigenvalue weighted by Gasteiger charge is -2.34. The van der Waals surface area contributed by atoms with E-state index in [1.807, 2.05) is 53.5 Å². The van der Waals surface area contributed by atoms with E-state index in [-0.39, 0.29) is 10.7 Å². The molecule has 4 atom stereocenters. The Morgan fingerprint density at radius 1 is 1.03 bits per heavy atom. The van der Waals surface area contributed by atoms with Crippen molar-refractivity contribution in [2.75, 3.05) is 12.0 Å². The van der Waals surface area contributed by atoms with Crippen molar-refractivity contribution in [1.82, 2.24) is 0 Å². The second kappa shape index (κ2) is 8.37. The monoisotopic (exact) mass is 460 g/mol. The minimum absolute atomic E-state index is 0.174. The maximum absolute atomic E-state index is 13.9. The molecule has 5 rings (SSSR count). The number of benzene rings is 3.